The number of amides is 1. The highest BCUT2D eigenvalue weighted by molar-refractivity contribution is 8.00. The zero-order chi connectivity index (χ0) is 15.4. The number of nitrogens with two attached hydrogens (primary N) is 1. The SMILES string of the molecule is Cc1cnc(SC(C)C(=O)Nc2ccc(N)cc2Cl)nc1. The average molecular weight is 323 g/mol. The lowest BCUT2D eigenvalue weighted by atomic mass is 10.2. The molecule has 0 aliphatic carbocycles. The number of anilines is 2. The fourth-order valence-electron chi connectivity index (χ4n) is 1.52. The molecule has 3 N–H and O–H groups in total. The summed E-state index contributed by atoms with van der Waals surface area (Å²) in [6.45, 7) is 3.70. The zero-order valence-corrected chi connectivity index (χ0v) is 13.2. The molecule has 1 aromatic heterocycles. The van der Waals surface area contributed by atoms with Crippen molar-refractivity contribution in [2.75, 3.05) is 11.1 Å². The number of nitrogen functional groups attached to an aromatic ring is 1. The maximum Gasteiger partial charge on any atom is 0.237 e. The van der Waals surface area contributed by atoms with Crippen molar-refractivity contribution in [3.63, 3.8) is 0 Å². The molecule has 1 atom stereocenters. The number of aryl methyl sites for hydroxylation is 1. The van der Waals surface area contributed by atoms with E-state index in [9.17, 15) is 4.79 Å². The summed E-state index contributed by atoms with van der Waals surface area (Å²) >= 11 is 7.32. The molecule has 0 aliphatic heterocycles. The largest absolute Gasteiger partial charge is 0.399 e. The van der Waals surface area contributed by atoms with Gasteiger partial charge in [0, 0.05) is 18.1 Å². The molecule has 1 heterocycles. The van der Waals surface area contributed by atoms with Crippen LogP contribution in [0, 0.1) is 6.92 Å². The highest BCUT2D eigenvalue weighted by Crippen LogP contribution is 2.26. The van der Waals surface area contributed by atoms with Crippen LogP contribution in [-0.2, 0) is 4.79 Å². The number of benzene rings is 1. The van der Waals surface area contributed by atoms with Gasteiger partial charge in [-0.3, -0.25) is 4.79 Å². The molecule has 0 saturated carbocycles. The van der Waals surface area contributed by atoms with Gasteiger partial charge in [-0.2, -0.15) is 0 Å². The van der Waals surface area contributed by atoms with Crippen molar-refractivity contribution in [2.45, 2.75) is 24.3 Å². The van der Waals surface area contributed by atoms with Gasteiger partial charge in [-0.05, 0) is 37.6 Å². The number of rotatable bonds is 4. The number of hydrogen-bond acceptors (Lipinski definition) is 5. The second-order valence-corrected chi connectivity index (χ2v) is 6.25. The fourth-order valence-corrected chi connectivity index (χ4v) is 2.47. The van der Waals surface area contributed by atoms with Crippen molar-refractivity contribution in [2.24, 2.45) is 0 Å². The number of aromatic nitrogens is 2. The first-order chi connectivity index (χ1) is 9.95. The number of carbonyl (C=O) groups is 1. The summed E-state index contributed by atoms with van der Waals surface area (Å²) in [6.07, 6.45) is 3.44. The predicted octanol–water partition coefficient (Wildman–Crippen LogP) is 3.14. The summed E-state index contributed by atoms with van der Waals surface area (Å²) < 4.78 is 0. The van der Waals surface area contributed by atoms with E-state index in [-0.39, 0.29) is 11.2 Å². The van der Waals surface area contributed by atoms with E-state index in [0.29, 0.717) is 21.6 Å². The van der Waals surface area contributed by atoms with Crippen molar-refractivity contribution in [3.8, 4) is 0 Å². The lowest BCUT2D eigenvalue weighted by Gasteiger charge is -2.12. The van der Waals surface area contributed by atoms with E-state index in [1.165, 1.54) is 11.8 Å². The lowest BCUT2D eigenvalue weighted by Crippen LogP contribution is -2.22. The van der Waals surface area contributed by atoms with E-state index in [2.05, 4.69) is 15.3 Å². The van der Waals surface area contributed by atoms with Crippen LogP contribution in [0.5, 0.6) is 0 Å². The van der Waals surface area contributed by atoms with E-state index < -0.39 is 0 Å². The highest BCUT2D eigenvalue weighted by atomic mass is 35.5. The predicted molar refractivity (Wildman–Crippen MR) is 86.6 cm³/mol. The smallest absolute Gasteiger partial charge is 0.237 e. The molecule has 2 aromatic rings. The van der Waals surface area contributed by atoms with Crippen LogP contribution in [-0.4, -0.2) is 21.1 Å². The Morgan fingerprint density at radius 3 is 2.67 bits per heavy atom. The van der Waals surface area contributed by atoms with Gasteiger partial charge < -0.3 is 11.1 Å². The van der Waals surface area contributed by atoms with Crippen molar-refractivity contribution >= 4 is 40.6 Å². The minimum absolute atomic E-state index is 0.171. The third-order valence-electron chi connectivity index (χ3n) is 2.66. The standard InChI is InChI=1S/C14H15ClN4OS/c1-8-6-17-14(18-7-8)21-9(2)13(20)19-12-4-3-10(16)5-11(12)15/h3-7,9H,16H2,1-2H3,(H,19,20). The number of thioether (sulfide) groups is 1. The fraction of sp³-hybridized carbons (Fsp3) is 0.214. The van der Waals surface area contributed by atoms with Crippen LogP contribution in [0.3, 0.4) is 0 Å². The summed E-state index contributed by atoms with van der Waals surface area (Å²) in [5.41, 5.74) is 7.68. The summed E-state index contributed by atoms with van der Waals surface area (Å²) in [7, 11) is 0. The Hall–Kier alpha value is -1.79. The molecule has 1 amide bonds. The van der Waals surface area contributed by atoms with Gasteiger partial charge in [0.15, 0.2) is 5.16 Å². The maximum absolute atomic E-state index is 12.1. The number of carbonyl (C=O) groups excluding carboxylic acids is 1. The van der Waals surface area contributed by atoms with Gasteiger partial charge in [0.05, 0.1) is 16.0 Å². The van der Waals surface area contributed by atoms with Crippen molar-refractivity contribution in [1.82, 2.24) is 9.97 Å². The molecular formula is C14H15ClN4OS. The van der Waals surface area contributed by atoms with Gasteiger partial charge in [0.1, 0.15) is 0 Å². The monoisotopic (exact) mass is 322 g/mol. The van der Waals surface area contributed by atoms with Crippen LogP contribution in [0.15, 0.2) is 35.7 Å². The van der Waals surface area contributed by atoms with E-state index in [4.69, 9.17) is 17.3 Å². The van der Waals surface area contributed by atoms with Crippen LogP contribution in [0.4, 0.5) is 11.4 Å². The molecule has 0 fully saturated rings. The summed E-state index contributed by atoms with van der Waals surface area (Å²) in [5, 5.41) is 3.39. The third-order valence-corrected chi connectivity index (χ3v) is 3.96. The van der Waals surface area contributed by atoms with E-state index in [1.54, 1.807) is 37.5 Å². The first-order valence-corrected chi connectivity index (χ1v) is 7.52. The Morgan fingerprint density at radius 1 is 1.38 bits per heavy atom. The zero-order valence-electron chi connectivity index (χ0n) is 11.6. The number of halogens is 1. The maximum atomic E-state index is 12.1. The normalized spacial score (nSPS) is 12.0. The summed E-state index contributed by atoms with van der Waals surface area (Å²) in [4.78, 5) is 20.5. The molecule has 21 heavy (non-hydrogen) atoms. The molecule has 1 aromatic carbocycles. The van der Waals surface area contributed by atoms with Gasteiger partial charge in [-0.1, -0.05) is 23.4 Å². The average Bonchev–Trinajstić information content (AvgIpc) is 2.44. The van der Waals surface area contributed by atoms with Gasteiger partial charge in [0.25, 0.3) is 0 Å². The van der Waals surface area contributed by atoms with E-state index in [1.807, 2.05) is 6.92 Å². The van der Waals surface area contributed by atoms with Gasteiger partial charge in [-0.15, -0.1) is 0 Å². The van der Waals surface area contributed by atoms with Crippen LogP contribution in [0.25, 0.3) is 0 Å². The molecule has 5 nitrogen and oxygen atoms in total. The molecule has 0 radical (unpaired) electrons. The lowest BCUT2D eigenvalue weighted by molar-refractivity contribution is -0.115. The molecule has 0 aliphatic rings. The summed E-state index contributed by atoms with van der Waals surface area (Å²) in [6, 6.07) is 4.95. The van der Waals surface area contributed by atoms with Gasteiger partial charge in [0.2, 0.25) is 5.91 Å². The molecule has 0 bridgehead atoms. The van der Waals surface area contributed by atoms with E-state index in [0.717, 1.165) is 5.56 Å². The van der Waals surface area contributed by atoms with Crippen LogP contribution < -0.4 is 11.1 Å². The first-order valence-electron chi connectivity index (χ1n) is 6.27. The second-order valence-electron chi connectivity index (χ2n) is 4.53. The van der Waals surface area contributed by atoms with Crippen LogP contribution >= 0.6 is 23.4 Å². The number of hydrogen-bond donors (Lipinski definition) is 2. The van der Waals surface area contributed by atoms with Crippen LogP contribution in [0.2, 0.25) is 5.02 Å². The first kappa shape index (κ1) is 15.6. The number of nitrogens with one attached hydrogen (secondary N) is 1. The minimum Gasteiger partial charge on any atom is -0.399 e. The Bertz CT molecular complexity index is 648. The molecular weight excluding hydrogens is 308 g/mol. The Labute approximate surface area is 132 Å². The highest BCUT2D eigenvalue weighted by Gasteiger charge is 2.17. The van der Waals surface area contributed by atoms with Crippen molar-refractivity contribution in [1.29, 1.82) is 0 Å². The summed E-state index contributed by atoms with van der Waals surface area (Å²) in [5.74, 6) is -0.171. The minimum atomic E-state index is -0.346. The Kier molecular flexibility index (Phi) is 5.03. The Morgan fingerprint density at radius 2 is 2.05 bits per heavy atom. The molecule has 0 saturated heterocycles. The molecule has 0 spiro atoms. The number of nitrogens with zero attached hydrogens (tertiary/aromatic N) is 2. The van der Waals surface area contributed by atoms with Crippen LogP contribution in [0.1, 0.15) is 12.5 Å². The van der Waals surface area contributed by atoms with Crippen molar-refractivity contribution in [3.05, 3.63) is 41.2 Å². The van der Waals surface area contributed by atoms with Gasteiger partial charge in [-0.25, -0.2) is 9.97 Å². The Balaban J connectivity index is 2.00. The quantitative estimate of drug-likeness (QED) is 0.513. The topological polar surface area (TPSA) is 80.9 Å². The second kappa shape index (κ2) is 6.78. The molecule has 110 valence electrons. The molecule has 2 rings (SSSR count). The molecule has 7 heteroatoms. The van der Waals surface area contributed by atoms with Crippen molar-refractivity contribution < 1.29 is 4.79 Å². The van der Waals surface area contributed by atoms with Gasteiger partial charge >= 0.3 is 0 Å². The van der Waals surface area contributed by atoms with E-state index >= 15 is 0 Å². The molecule has 1 unspecified atom stereocenters. The third kappa shape index (κ3) is 4.34.